The van der Waals surface area contributed by atoms with Crippen LogP contribution in [0.3, 0.4) is 0 Å². The summed E-state index contributed by atoms with van der Waals surface area (Å²) >= 11 is 6.09. The molecule has 1 atom stereocenters. The lowest BCUT2D eigenvalue weighted by Crippen LogP contribution is -2.47. The van der Waals surface area contributed by atoms with Crippen molar-refractivity contribution in [3.8, 4) is 0 Å². The maximum Gasteiger partial charge on any atom is 0.144 e. The molecule has 112 valence electrons. The monoisotopic (exact) mass is 296 g/mol. The number of hydrogen-bond donors (Lipinski definition) is 1. The highest BCUT2D eigenvalue weighted by molar-refractivity contribution is 6.32. The highest BCUT2D eigenvalue weighted by Gasteiger charge is 2.17. The molecule has 1 aliphatic heterocycles. The van der Waals surface area contributed by atoms with Crippen LogP contribution in [0, 0.1) is 5.92 Å². The summed E-state index contributed by atoms with van der Waals surface area (Å²) in [6.07, 6.45) is 1.77. The molecule has 1 saturated heterocycles. The molecule has 5 heteroatoms. The molecule has 1 N–H and O–H groups in total. The molecule has 0 bridgehead atoms. The van der Waals surface area contributed by atoms with Gasteiger partial charge in [0.25, 0.3) is 0 Å². The van der Waals surface area contributed by atoms with E-state index in [0.29, 0.717) is 10.9 Å². The Hall–Kier alpha value is -0.840. The smallest absolute Gasteiger partial charge is 0.144 e. The Morgan fingerprint density at radius 1 is 1.30 bits per heavy atom. The molecule has 0 radical (unpaired) electrons. The fraction of sp³-hybridized carbons (Fsp3) is 0.667. The number of rotatable bonds is 6. The van der Waals surface area contributed by atoms with Crippen molar-refractivity contribution in [2.24, 2.45) is 5.92 Å². The molecule has 0 spiro atoms. The number of nitrogens with one attached hydrogen (secondary N) is 1. The van der Waals surface area contributed by atoms with Crippen LogP contribution in [0.15, 0.2) is 18.3 Å². The Kier molecular flexibility index (Phi) is 6.07. The number of aromatic nitrogens is 1. The van der Waals surface area contributed by atoms with Gasteiger partial charge in [0, 0.05) is 45.5 Å². The zero-order valence-corrected chi connectivity index (χ0v) is 13.2. The van der Waals surface area contributed by atoms with Gasteiger partial charge in [-0.15, -0.1) is 0 Å². The zero-order valence-electron chi connectivity index (χ0n) is 12.5. The summed E-state index contributed by atoms with van der Waals surface area (Å²) in [6.45, 7) is 12.5. The SMILES string of the molecule is CCN1CCN(C[C@@H](C)CNc2ncccc2Cl)CC1. The van der Waals surface area contributed by atoms with Gasteiger partial charge in [-0.25, -0.2) is 4.98 Å². The molecule has 4 nitrogen and oxygen atoms in total. The highest BCUT2D eigenvalue weighted by Crippen LogP contribution is 2.17. The maximum atomic E-state index is 6.09. The predicted octanol–water partition coefficient (Wildman–Crippen LogP) is 2.42. The first-order valence-corrected chi connectivity index (χ1v) is 7.86. The summed E-state index contributed by atoms with van der Waals surface area (Å²) < 4.78 is 0. The van der Waals surface area contributed by atoms with Crippen molar-refractivity contribution in [2.45, 2.75) is 13.8 Å². The van der Waals surface area contributed by atoms with Gasteiger partial charge in [0.15, 0.2) is 0 Å². The average molecular weight is 297 g/mol. The van der Waals surface area contributed by atoms with Crippen molar-refractivity contribution >= 4 is 17.4 Å². The first-order valence-electron chi connectivity index (χ1n) is 7.48. The van der Waals surface area contributed by atoms with Gasteiger partial charge in [0.2, 0.25) is 0 Å². The number of likely N-dealkylation sites (N-methyl/N-ethyl adjacent to an activating group) is 1. The lowest BCUT2D eigenvalue weighted by Gasteiger charge is -2.35. The summed E-state index contributed by atoms with van der Waals surface area (Å²) in [5.41, 5.74) is 0. The van der Waals surface area contributed by atoms with E-state index in [9.17, 15) is 0 Å². The van der Waals surface area contributed by atoms with Crippen molar-refractivity contribution in [1.29, 1.82) is 0 Å². The molecule has 0 aromatic carbocycles. The highest BCUT2D eigenvalue weighted by atomic mass is 35.5. The van der Waals surface area contributed by atoms with Crippen LogP contribution in [0.2, 0.25) is 5.02 Å². The van der Waals surface area contributed by atoms with Gasteiger partial charge in [0.1, 0.15) is 5.82 Å². The Labute approximate surface area is 127 Å². The molecule has 1 fully saturated rings. The van der Waals surface area contributed by atoms with Crippen molar-refractivity contribution in [3.05, 3.63) is 23.4 Å². The molecule has 1 aliphatic rings. The number of piperazine rings is 1. The van der Waals surface area contributed by atoms with Gasteiger partial charge in [-0.1, -0.05) is 25.4 Å². The molecule has 0 amide bonds. The molecule has 1 aromatic rings. The molecule has 2 rings (SSSR count). The third kappa shape index (κ3) is 4.62. The molecule has 2 heterocycles. The predicted molar refractivity (Wildman–Crippen MR) is 85.5 cm³/mol. The van der Waals surface area contributed by atoms with Crippen molar-refractivity contribution in [3.63, 3.8) is 0 Å². The second-order valence-electron chi connectivity index (χ2n) is 5.55. The minimum atomic E-state index is 0.584. The second-order valence-corrected chi connectivity index (χ2v) is 5.96. The van der Waals surface area contributed by atoms with Crippen molar-refractivity contribution < 1.29 is 0 Å². The van der Waals surface area contributed by atoms with Crippen LogP contribution in [0.1, 0.15) is 13.8 Å². The first kappa shape index (κ1) is 15.5. The molecule has 0 saturated carbocycles. The Bertz CT molecular complexity index is 405. The van der Waals surface area contributed by atoms with E-state index in [1.54, 1.807) is 6.20 Å². The number of anilines is 1. The van der Waals surface area contributed by atoms with Crippen LogP contribution < -0.4 is 5.32 Å². The summed E-state index contributed by atoms with van der Waals surface area (Å²) in [5.74, 6) is 1.37. The van der Waals surface area contributed by atoms with Gasteiger partial charge in [-0.05, 0) is 24.6 Å². The van der Waals surface area contributed by atoms with Gasteiger partial charge in [-0.2, -0.15) is 0 Å². The fourth-order valence-electron chi connectivity index (χ4n) is 2.58. The van der Waals surface area contributed by atoms with Crippen LogP contribution in [0.5, 0.6) is 0 Å². The van der Waals surface area contributed by atoms with Crippen molar-refractivity contribution in [1.82, 2.24) is 14.8 Å². The van der Waals surface area contributed by atoms with E-state index < -0.39 is 0 Å². The minimum Gasteiger partial charge on any atom is -0.369 e. The van der Waals surface area contributed by atoms with E-state index in [1.165, 1.54) is 32.7 Å². The zero-order chi connectivity index (χ0) is 14.4. The summed E-state index contributed by atoms with van der Waals surface area (Å²) in [5, 5.41) is 4.03. The second kappa shape index (κ2) is 7.81. The lowest BCUT2D eigenvalue weighted by molar-refractivity contribution is 0.126. The number of nitrogens with zero attached hydrogens (tertiary/aromatic N) is 3. The summed E-state index contributed by atoms with van der Waals surface area (Å²) in [4.78, 5) is 9.32. The van der Waals surface area contributed by atoms with Crippen LogP contribution >= 0.6 is 11.6 Å². The molecular formula is C15H25ClN4. The third-order valence-corrected chi connectivity index (χ3v) is 4.16. The molecular weight excluding hydrogens is 272 g/mol. The molecule has 0 aliphatic carbocycles. The molecule has 1 aromatic heterocycles. The van der Waals surface area contributed by atoms with Crippen molar-refractivity contribution in [2.75, 3.05) is 51.1 Å². The van der Waals surface area contributed by atoms with E-state index in [-0.39, 0.29) is 0 Å². The molecule has 20 heavy (non-hydrogen) atoms. The van der Waals surface area contributed by atoms with Crippen LogP contribution in [0.25, 0.3) is 0 Å². The number of halogens is 1. The van der Waals surface area contributed by atoms with E-state index in [1.807, 2.05) is 12.1 Å². The fourth-order valence-corrected chi connectivity index (χ4v) is 2.77. The average Bonchev–Trinajstić information content (AvgIpc) is 2.47. The maximum absolute atomic E-state index is 6.09. The quantitative estimate of drug-likeness (QED) is 0.874. The van der Waals surface area contributed by atoms with Gasteiger partial charge < -0.3 is 15.1 Å². The topological polar surface area (TPSA) is 31.4 Å². The molecule has 0 unspecified atom stereocenters. The summed E-state index contributed by atoms with van der Waals surface area (Å²) in [6, 6.07) is 3.72. The van der Waals surface area contributed by atoms with E-state index in [4.69, 9.17) is 11.6 Å². The largest absolute Gasteiger partial charge is 0.369 e. The Balaban J connectivity index is 1.71. The minimum absolute atomic E-state index is 0.584. The standard InChI is InChI=1S/C15H25ClN4/c1-3-19-7-9-20(10-8-19)12-13(2)11-18-15-14(16)5-4-6-17-15/h4-6,13H,3,7-12H2,1-2H3,(H,17,18)/t13-/m0/s1. The lowest BCUT2D eigenvalue weighted by atomic mass is 10.1. The van der Waals surface area contributed by atoms with Crippen LogP contribution in [0.4, 0.5) is 5.82 Å². The normalized spacial score (nSPS) is 18.9. The van der Waals surface area contributed by atoms with Gasteiger partial charge >= 0.3 is 0 Å². The van der Waals surface area contributed by atoms with Gasteiger partial charge in [0.05, 0.1) is 5.02 Å². The van der Waals surface area contributed by atoms with E-state index >= 15 is 0 Å². The first-order chi connectivity index (χ1) is 9.69. The Morgan fingerprint density at radius 3 is 2.65 bits per heavy atom. The third-order valence-electron chi connectivity index (χ3n) is 3.86. The number of pyridine rings is 1. The van der Waals surface area contributed by atoms with E-state index in [0.717, 1.165) is 18.9 Å². The van der Waals surface area contributed by atoms with Gasteiger partial charge in [-0.3, -0.25) is 0 Å². The number of hydrogen-bond acceptors (Lipinski definition) is 4. The van der Waals surface area contributed by atoms with Crippen LogP contribution in [-0.4, -0.2) is 60.6 Å². The summed E-state index contributed by atoms with van der Waals surface area (Å²) in [7, 11) is 0. The van der Waals surface area contributed by atoms with E-state index in [2.05, 4.69) is 33.9 Å². The Morgan fingerprint density at radius 2 is 2.00 bits per heavy atom. The van der Waals surface area contributed by atoms with Crippen LogP contribution in [-0.2, 0) is 0 Å².